The van der Waals surface area contributed by atoms with E-state index in [1.165, 1.54) is 14.2 Å². The summed E-state index contributed by atoms with van der Waals surface area (Å²) in [6.07, 6.45) is 0. The fourth-order valence-electron chi connectivity index (χ4n) is 1.73. The van der Waals surface area contributed by atoms with Crippen molar-refractivity contribution >= 4 is 5.97 Å². The molecule has 0 saturated heterocycles. The van der Waals surface area contributed by atoms with Crippen LogP contribution in [0.1, 0.15) is 22.7 Å². The Balaban J connectivity index is 3.47. The first kappa shape index (κ1) is 13.3. The van der Waals surface area contributed by atoms with Crippen molar-refractivity contribution in [1.82, 2.24) is 0 Å². The van der Waals surface area contributed by atoms with Crippen LogP contribution in [0.3, 0.4) is 0 Å². The molecule has 1 atom stereocenters. The summed E-state index contributed by atoms with van der Waals surface area (Å²) in [6.45, 7) is 3.72. The van der Waals surface area contributed by atoms with Crippen molar-refractivity contribution in [2.45, 2.75) is 19.9 Å². The van der Waals surface area contributed by atoms with Gasteiger partial charge in [-0.2, -0.15) is 0 Å². The highest BCUT2D eigenvalue weighted by molar-refractivity contribution is 5.77. The third-order valence-corrected chi connectivity index (χ3v) is 2.85. The molecule has 1 unspecified atom stereocenters. The molecular weight excluding hydrogens is 222 g/mol. The van der Waals surface area contributed by atoms with Gasteiger partial charge >= 0.3 is 5.97 Å². The molecule has 0 fully saturated rings. The van der Waals surface area contributed by atoms with Gasteiger partial charge in [0.1, 0.15) is 17.5 Å². The number of methoxy groups -OCH3 is 2. The average molecular weight is 239 g/mol. The summed E-state index contributed by atoms with van der Waals surface area (Å²) in [5.41, 5.74) is 7.78. The first-order valence-electron chi connectivity index (χ1n) is 5.14. The second-order valence-corrected chi connectivity index (χ2v) is 3.77. The minimum atomic E-state index is -1.13. The average Bonchev–Trinajstić information content (AvgIpc) is 2.31. The Morgan fingerprint density at radius 2 is 1.88 bits per heavy atom. The van der Waals surface area contributed by atoms with Crippen LogP contribution in [0.2, 0.25) is 0 Å². The number of carboxylic acid groups (broad SMARTS) is 1. The van der Waals surface area contributed by atoms with Gasteiger partial charge in [-0.15, -0.1) is 0 Å². The SMILES string of the molecule is COc1cc(C(N)C(=O)O)c(OC)c(C)c1C. The predicted molar refractivity (Wildman–Crippen MR) is 63.6 cm³/mol. The van der Waals surface area contributed by atoms with E-state index in [0.29, 0.717) is 17.1 Å². The van der Waals surface area contributed by atoms with Gasteiger partial charge in [-0.1, -0.05) is 0 Å². The molecule has 1 aromatic rings. The molecule has 1 rings (SSSR count). The van der Waals surface area contributed by atoms with E-state index in [0.717, 1.165) is 11.1 Å². The maximum Gasteiger partial charge on any atom is 0.325 e. The number of hydrogen-bond donors (Lipinski definition) is 2. The van der Waals surface area contributed by atoms with Crippen molar-refractivity contribution in [3.63, 3.8) is 0 Å². The summed E-state index contributed by atoms with van der Waals surface area (Å²) in [6, 6.07) is 0.484. The molecule has 0 radical (unpaired) electrons. The van der Waals surface area contributed by atoms with Crippen LogP contribution in [0.25, 0.3) is 0 Å². The number of ether oxygens (including phenoxy) is 2. The van der Waals surface area contributed by atoms with Gasteiger partial charge in [0, 0.05) is 5.56 Å². The Labute approximate surface area is 100 Å². The summed E-state index contributed by atoms with van der Waals surface area (Å²) in [4.78, 5) is 10.9. The number of benzene rings is 1. The molecule has 17 heavy (non-hydrogen) atoms. The predicted octanol–water partition coefficient (Wildman–Crippen LogP) is 1.41. The van der Waals surface area contributed by atoms with Crippen LogP contribution in [-0.4, -0.2) is 25.3 Å². The van der Waals surface area contributed by atoms with Crippen LogP contribution in [0.4, 0.5) is 0 Å². The highest BCUT2D eigenvalue weighted by Crippen LogP contribution is 2.35. The van der Waals surface area contributed by atoms with Crippen LogP contribution in [-0.2, 0) is 4.79 Å². The summed E-state index contributed by atoms with van der Waals surface area (Å²) < 4.78 is 10.4. The fourth-order valence-corrected chi connectivity index (χ4v) is 1.73. The van der Waals surface area contributed by atoms with E-state index in [2.05, 4.69) is 0 Å². The Kier molecular flexibility index (Phi) is 3.96. The van der Waals surface area contributed by atoms with Crippen LogP contribution in [0, 0.1) is 13.8 Å². The highest BCUT2D eigenvalue weighted by atomic mass is 16.5. The normalized spacial score (nSPS) is 12.1. The number of carboxylic acids is 1. The molecule has 0 aliphatic heterocycles. The van der Waals surface area contributed by atoms with Crippen LogP contribution < -0.4 is 15.2 Å². The zero-order valence-corrected chi connectivity index (χ0v) is 10.4. The lowest BCUT2D eigenvalue weighted by Crippen LogP contribution is -2.22. The number of hydrogen-bond acceptors (Lipinski definition) is 4. The van der Waals surface area contributed by atoms with Gasteiger partial charge in [0.05, 0.1) is 14.2 Å². The minimum absolute atomic E-state index is 0.417. The number of aliphatic carboxylic acids is 1. The molecule has 3 N–H and O–H groups in total. The first-order valence-corrected chi connectivity index (χ1v) is 5.14. The Bertz CT molecular complexity index is 443. The van der Waals surface area contributed by atoms with Gasteiger partial charge in [-0.05, 0) is 31.0 Å². The van der Waals surface area contributed by atoms with Crippen molar-refractivity contribution < 1.29 is 19.4 Å². The lowest BCUT2D eigenvalue weighted by atomic mass is 9.98. The second kappa shape index (κ2) is 5.05. The van der Waals surface area contributed by atoms with Crippen molar-refractivity contribution in [3.8, 4) is 11.5 Å². The zero-order valence-electron chi connectivity index (χ0n) is 10.4. The van der Waals surface area contributed by atoms with E-state index in [-0.39, 0.29) is 0 Å². The van der Waals surface area contributed by atoms with E-state index in [4.69, 9.17) is 20.3 Å². The van der Waals surface area contributed by atoms with Gasteiger partial charge < -0.3 is 20.3 Å². The maximum absolute atomic E-state index is 10.9. The standard InChI is InChI=1S/C12H17NO4/c1-6-7(2)11(17-4)8(5-9(6)16-3)10(13)12(14)15/h5,10H,13H2,1-4H3,(H,14,15). The van der Waals surface area contributed by atoms with Gasteiger partial charge in [-0.25, -0.2) is 0 Å². The third-order valence-electron chi connectivity index (χ3n) is 2.85. The lowest BCUT2D eigenvalue weighted by molar-refractivity contribution is -0.138. The topological polar surface area (TPSA) is 81.8 Å². The molecule has 5 nitrogen and oxygen atoms in total. The molecule has 94 valence electrons. The van der Waals surface area contributed by atoms with E-state index < -0.39 is 12.0 Å². The van der Waals surface area contributed by atoms with E-state index in [9.17, 15) is 4.79 Å². The molecule has 0 amide bonds. The molecule has 5 heteroatoms. The monoisotopic (exact) mass is 239 g/mol. The largest absolute Gasteiger partial charge is 0.496 e. The number of rotatable bonds is 4. The van der Waals surface area contributed by atoms with Crippen molar-refractivity contribution in [2.75, 3.05) is 14.2 Å². The van der Waals surface area contributed by atoms with Crippen molar-refractivity contribution in [1.29, 1.82) is 0 Å². The van der Waals surface area contributed by atoms with Crippen molar-refractivity contribution in [2.24, 2.45) is 5.73 Å². The summed E-state index contributed by atoms with van der Waals surface area (Å²) >= 11 is 0. The highest BCUT2D eigenvalue weighted by Gasteiger charge is 2.23. The van der Waals surface area contributed by atoms with Gasteiger partial charge in [0.25, 0.3) is 0 Å². The van der Waals surface area contributed by atoms with Gasteiger partial charge in [0.15, 0.2) is 0 Å². The summed E-state index contributed by atoms with van der Waals surface area (Å²) in [5, 5.41) is 8.96. The van der Waals surface area contributed by atoms with Crippen LogP contribution >= 0.6 is 0 Å². The second-order valence-electron chi connectivity index (χ2n) is 3.77. The van der Waals surface area contributed by atoms with Gasteiger partial charge in [-0.3, -0.25) is 4.79 Å². The molecule has 0 spiro atoms. The minimum Gasteiger partial charge on any atom is -0.496 e. The van der Waals surface area contributed by atoms with E-state index in [1.54, 1.807) is 6.07 Å². The molecule has 1 aromatic carbocycles. The van der Waals surface area contributed by atoms with Gasteiger partial charge in [0.2, 0.25) is 0 Å². The summed E-state index contributed by atoms with van der Waals surface area (Å²) in [7, 11) is 3.02. The third kappa shape index (κ3) is 2.34. The van der Waals surface area contributed by atoms with Crippen LogP contribution in [0.5, 0.6) is 11.5 Å². The Hall–Kier alpha value is -1.75. The number of nitrogens with two attached hydrogens (primary N) is 1. The molecular formula is C12H17NO4. The molecule has 0 aliphatic rings. The molecule has 0 aromatic heterocycles. The van der Waals surface area contributed by atoms with E-state index in [1.807, 2.05) is 13.8 Å². The lowest BCUT2D eigenvalue weighted by Gasteiger charge is -2.18. The molecule has 0 aliphatic carbocycles. The summed E-state index contributed by atoms with van der Waals surface area (Å²) in [5.74, 6) is 0.00167. The Morgan fingerprint density at radius 1 is 1.29 bits per heavy atom. The van der Waals surface area contributed by atoms with E-state index >= 15 is 0 Å². The molecule has 0 heterocycles. The molecule has 0 bridgehead atoms. The maximum atomic E-state index is 10.9. The number of carbonyl (C=O) groups is 1. The fraction of sp³-hybridized carbons (Fsp3) is 0.417. The zero-order chi connectivity index (χ0) is 13.2. The van der Waals surface area contributed by atoms with Crippen LogP contribution in [0.15, 0.2) is 6.07 Å². The quantitative estimate of drug-likeness (QED) is 0.830. The van der Waals surface area contributed by atoms with Crippen molar-refractivity contribution in [3.05, 3.63) is 22.8 Å². The smallest absolute Gasteiger partial charge is 0.325 e. The Morgan fingerprint density at radius 3 is 2.29 bits per heavy atom. The molecule has 0 saturated carbocycles. The first-order chi connectivity index (χ1) is 7.93.